The third-order valence-electron chi connectivity index (χ3n) is 3.18. The van der Waals surface area contributed by atoms with Gasteiger partial charge < -0.3 is 14.8 Å². The standard InChI is InChI=1S/C18H23NO5S/c1-3-10-23-17(21)12-16(20)15(9-11-25-2)19-18(22)24-13-14-7-5-4-6-8-14/h3-8,15H,1,9-13H2,2H3,(H,19,22)/t15-/m0/s1. The summed E-state index contributed by atoms with van der Waals surface area (Å²) in [6.45, 7) is 3.59. The Kier molecular flexibility index (Phi) is 10.1. The topological polar surface area (TPSA) is 81.7 Å². The van der Waals surface area contributed by atoms with Crippen LogP contribution in [-0.4, -0.2) is 42.5 Å². The fourth-order valence-corrected chi connectivity index (χ4v) is 2.40. The van der Waals surface area contributed by atoms with Gasteiger partial charge in [0.1, 0.15) is 19.6 Å². The summed E-state index contributed by atoms with van der Waals surface area (Å²) in [5.74, 6) is -0.379. The van der Waals surface area contributed by atoms with E-state index in [9.17, 15) is 14.4 Å². The van der Waals surface area contributed by atoms with Crippen molar-refractivity contribution in [3.8, 4) is 0 Å². The van der Waals surface area contributed by atoms with E-state index in [0.29, 0.717) is 12.2 Å². The van der Waals surface area contributed by atoms with Crippen molar-refractivity contribution < 1.29 is 23.9 Å². The molecule has 0 aromatic heterocycles. The van der Waals surface area contributed by atoms with Crippen LogP contribution in [0.5, 0.6) is 0 Å². The second kappa shape index (κ2) is 12.1. The van der Waals surface area contributed by atoms with Gasteiger partial charge in [0, 0.05) is 0 Å². The van der Waals surface area contributed by atoms with Gasteiger partial charge in [-0.05, 0) is 24.0 Å². The molecule has 0 aliphatic carbocycles. The molecule has 0 unspecified atom stereocenters. The molecule has 0 radical (unpaired) electrons. The van der Waals surface area contributed by atoms with E-state index in [1.807, 2.05) is 36.6 Å². The van der Waals surface area contributed by atoms with E-state index in [1.165, 1.54) is 6.08 Å². The molecule has 0 saturated carbocycles. The Hall–Kier alpha value is -2.28. The highest BCUT2D eigenvalue weighted by molar-refractivity contribution is 7.98. The number of nitrogens with one attached hydrogen (secondary N) is 1. The van der Waals surface area contributed by atoms with E-state index in [1.54, 1.807) is 11.8 Å². The number of rotatable bonds is 11. The van der Waals surface area contributed by atoms with Crippen LogP contribution in [0.4, 0.5) is 4.79 Å². The minimum Gasteiger partial charge on any atom is -0.461 e. The molecule has 7 heteroatoms. The number of Topliss-reactive ketones (excluding diaryl/α,β-unsaturated/α-hetero) is 1. The lowest BCUT2D eigenvalue weighted by Crippen LogP contribution is -2.42. The van der Waals surface area contributed by atoms with Gasteiger partial charge in [0.15, 0.2) is 5.78 Å². The summed E-state index contributed by atoms with van der Waals surface area (Å²) < 4.78 is 9.92. The van der Waals surface area contributed by atoms with Crippen molar-refractivity contribution in [1.82, 2.24) is 5.32 Å². The minimum atomic E-state index is -0.785. The molecular weight excluding hydrogens is 342 g/mol. The van der Waals surface area contributed by atoms with Gasteiger partial charge in [0.2, 0.25) is 0 Å². The highest BCUT2D eigenvalue weighted by atomic mass is 32.2. The van der Waals surface area contributed by atoms with Gasteiger partial charge in [-0.15, -0.1) is 0 Å². The predicted molar refractivity (Wildman–Crippen MR) is 97.3 cm³/mol. The molecule has 1 aromatic rings. The molecule has 1 N–H and O–H groups in total. The first-order chi connectivity index (χ1) is 12.1. The predicted octanol–water partition coefficient (Wildman–Crippen LogP) is 2.72. The summed E-state index contributed by atoms with van der Waals surface area (Å²) in [6, 6.07) is 8.43. The molecule has 136 valence electrons. The molecule has 0 aliphatic rings. The maximum Gasteiger partial charge on any atom is 0.408 e. The Morgan fingerprint density at radius 2 is 1.96 bits per heavy atom. The molecule has 0 bridgehead atoms. The molecule has 1 amide bonds. The van der Waals surface area contributed by atoms with E-state index in [0.717, 1.165) is 5.56 Å². The molecule has 25 heavy (non-hydrogen) atoms. The van der Waals surface area contributed by atoms with Gasteiger partial charge in [-0.3, -0.25) is 9.59 Å². The lowest BCUT2D eigenvalue weighted by molar-refractivity contribution is -0.145. The normalized spacial score (nSPS) is 11.2. The quantitative estimate of drug-likeness (QED) is 0.369. The van der Waals surface area contributed by atoms with Crippen molar-refractivity contribution in [3.63, 3.8) is 0 Å². The zero-order valence-corrected chi connectivity index (χ0v) is 15.1. The number of ketones is 1. The van der Waals surface area contributed by atoms with Crippen LogP contribution in [0.1, 0.15) is 18.4 Å². The van der Waals surface area contributed by atoms with Gasteiger partial charge >= 0.3 is 12.1 Å². The van der Waals surface area contributed by atoms with E-state index in [2.05, 4.69) is 11.9 Å². The van der Waals surface area contributed by atoms with Crippen molar-refractivity contribution in [3.05, 3.63) is 48.6 Å². The zero-order valence-electron chi connectivity index (χ0n) is 14.2. The number of hydrogen-bond donors (Lipinski definition) is 1. The molecule has 1 aromatic carbocycles. The van der Waals surface area contributed by atoms with Crippen LogP contribution in [-0.2, 0) is 25.7 Å². The van der Waals surface area contributed by atoms with E-state index < -0.39 is 30.3 Å². The van der Waals surface area contributed by atoms with Crippen LogP contribution in [0.2, 0.25) is 0 Å². The largest absolute Gasteiger partial charge is 0.461 e. The van der Waals surface area contributed by atoms with Crippen LogP contribution in [0.15, 0.2) is 43.0 Å². The average Bonchev–Trinajstić information content (AvgIpc) is 2.62. The van der Waals surface area contributed by atoms with Gasteiger partial charge in [-0.1, -0.05) is 43.0 Å². The monoisotopic (exact) mass is 365 g/mol. The SMILES string of the molecule is C=CCOC(=O)CC(=O)[C@H](CCSC)NC(=O)OCc1ccccc1. The zero-order chi connectivity index (χ0) is 18.5. The number of alkyl carbamates (subject to hydrolysis) is 1. The molecule has 0 fully saturated rings. The minimum absolute atomic E-state index is 0.0497. The van der Waals surface area contributed by atoms with Crippen molar-refractivity contribution >= 4 is 29.6 Å². The van der Waals surface area contributed by atoms with Crippen LogP contribution in [0.3, 0.4) is 0 Å². The van der Waals surface area contributed by atoms with Crippen LogP contribution in [0, 0.1) is 0 Å². The van der Waals surface area contributed by atoms with Crippen LogP contribution >= 0.6 is 11.8 Å². The van der Waals surface area contributed by atoms with Crippen molar-refractivity contribution in [1.29, 1.82) is 0 Å². The maximum atomic E-state index is 12.2. The Balaban J connectivity index is 2.52. The number of hydrogen-bond acceptors (Lipinski definition) is 6. The Morgan fingerprint density at radius 1 is 1.24 bits per heavy atom. The molecule has 1 atom stereocenters. The second-order valence-electron chi connectivity index (χ2n) is 5.15. The highest BCUT2D eigenvalue weighted by Crippen LogP contribution is 2.06. The highest BCUT2D eigenvalue weighted by Gasteiger charge is 2.23. The summed E-state index contributed by atoms with van der Waals surface area (Å²) in [5, 5.41) is 2.53. The van der Waals surface area contributed by atoms with E-state index in [4.69, 9.17) is 9.47 Å². The lowest BCUT2D eigenvalue weighted by atomic mass is 10.1. The first-order valence-corrected chi connectivity index (χ1v) is 9.21. The molecule has 0 heterocycles. The van der Waals surface area contributed by atoms with E-state index in [-0.39, 0.29) is 13.2 Å². The first-order valence-electron chi connectivity index (χ1n) is 7.82. The third kappa shape index (κ3) is 8.95. The Morgan fingerprint density at radius 3 is 2.60 bits per heavy atom. The van der Waals surface area contributed by atoms with Crippen molar-refractivity contribution in [2.75, 3.05) is 18.6 Å². The fraction of sp³-hybridized carbons (Fsp3) is 0.389. The van der Waals surface area contributed by atoms with Gasteiger partial charge in [0.05, 0.1) is 6.04 Å². The number of carbonyl (C=O) groups is 3. The molecule has 0 spiro atoms. The summed E-state index contributed by atoms with van der Waals surface area (Å²) >= 11 is 1.54. The summed E-state index contributed by atoms with van der Waals surface area (Å²) in [7, 11) is 0. The number of amides is 1. The third-order valence-corrected chi connectivity index (χ3v) is 3.83. The number of benzene rings is 1. The van der Waals surface area contributed by atoms with Crippen molar-refractivity contribution in [2.45, 2.75) is 25.5 Å². The van der Waals surface area contributed by atoms with Gasteiger partial charge in [0.25, 0.3) is 0 Å². The maximum absolute atomic E-state index is 12.2. The molecule has 0 aliphatic heterocycles. The summed E-state index contributed by atoms with van der Waals surface area (Å²) in [5.41, 5.74) is 0.845. The molecule has 0 saturated heterocycles. The number of thioether (sulfide) groups is 1. The average molecular weight is 365 g/mol. The van der Waals surface area contributed by atoms with Gasteiger partial charge in [-0.25, -0.2) is 4.79 Å². The molecule has 1 rings (SSSR count). The lowest BCUT2D eigenvalue weighted by Gasteiger charge is -2.17. The second-order valence-corrected chi connectivity index (χ2v) is 6.14. The number of carbonyl (C=O) groups excluding carboxylic acids is 3. The smallest absolute Gasteiger partial charge is 0.408 e. The number of ether oxygens (including phenoxy) is 2. The Bertz CT molecular complexity index is 576. The van der Waals surface area contributed by atoms with Crippen LogP contribution < -0.4 is 5.32 Å². The van der Waals surface area contributed by atoms with E-state index >= 15 is 0 Å². The molecular formula is C18H23NO5S. The summed E-state index contributed by atoms with van der Waals surface area (Å²) in [4.78, 5) is 35.7. The van der Waals surface area contributed by atoms with Crippen LogP contribution in [0.25, 0.3) is 0 Å². The molecule has 6 nitrogen and oxygen atoms in total. The fourth-order valence-electron chi connectivity index (χ4n) is 1.92. The number of esters is 1. The summed E-state index contributed by atoms with van der Waals surface area (Å²) in [6.07, 6.45) is 2.64. The Labute approximate surface area is 152 Å². The van der Waals surface area contributed by atoms with Gasteiger partial charge in [-0.2, -0.15) is 11.8 Å². The van der Waals surface area contributed by atoms with Crippen molar-refractivity contribution in [2.24, 2.45) is 0 Å². The first kappa shape index (κ1) is 20.8.